The summed E-state index contributed by atoms with van der Waals surface area (Å²) >= 11 is 0. The van der Waals surface area contributed by atoms with Gasteiger partial charge in [-0.15, -0.1) is 0 Å². The molecule has 7 heteroatoms. The van der Waals surface area contributed by atoms with E-state index in [1.165, 1.54) is 4.90 Å². The molecule has 0 radical (unpaired) electrons. The normalized spacial score (nSPS) is 50.1. The minimum Gasteiger partial charge on any atom is -0.481 e. The second-order valence-corrected chi connectivity index (χ2v) is 8.90. The number of amides is 1. The van der Waals surface area contributed by atoms with Crippen LogP contribution in [0.15, 0.2) is 12.2 Å². The Balaban J connectivity index is 1.49. The zero-order chi connectivity index (χ0) is 19.1. The fraction of sp³-hybridized carbons (Fsp3) is 0.750. The number of carbonyl (C=O) groups is 3. The number of Topliss-reactive ketones (excluding diaryl/α,β-unsaturated/α-hetero) is 1. The second kappa shape index (κ2) is 5.41. The van der Waals surface area contributed by atoms with Crippen LogP contribution in [-0.2, 0) is 19.1 Å². The molecule has 0 bridgehead atoms. The maximum absolute atomic E-state index is 13.6. The number of morpholine rings is 1. The molecule has 2 unspecified atom stereocenters. The summed E-state index contributed by atoms with van der Waals surface area (Å²) in [6, 6.07) is 0. The fourth-order valence-electron chi connectivity index (χ4n) is 6.31. The Morgan fingerprint density at radius 3 is 2.70 bits per heavy atom. The van der Waals surface area contributed by atoms with E-state index >= 15 is 0 Å². The summed E-state index contributed by atoms with van der Waals surface area (Å²) in [5, 5.41) is 20.6. The summed E-state index contributed by atoms with van der Waals surface area (Å²) in [5.41, 5.74) is -3.58. The lowest BCUT2D eigenvalue weighted by atomic mass is 9.62. The van der Waals surface area contributed by atoms with Crippen LogP contribution in [0.3, 0.4) is 0 Å². The number of epoxide rings is 1. The van der Waals surface area contributed by atoms with E-state index in [4.69, 9.17) is 4.74 Å². The number of carboxylic acid groups (broad SMARTS) is 1. The molecule has 1 amide bonds. The maximum atomic E-state index is 13.6. The molecule has 3 saturated heterocycles. The van der Waals surface area contributed by atoms with Crippen LogP contribution in [-0.4, -0.2) is 56.7 Å². The van der Waals surface area contributed by atoms with E-state index in [0.29, 0.717) is 5.92 Å². The number of aliphatic hydroxyl groups is 1. The third-order valence-electron chi connectivity index (χ3n) is 7.68. The number of carboxylic acids is 1. The first-order chi connectivity index (χ1) is 12.8. The van der Waals surface area contributed by atoms with Gasteiger partial charge in [-0.25, -0.2) is 0 Å². The van der Waals surface area contributed by atoms with Gasteiger partial charge in [-0.05, 0) is 37.0 Å². The minimum atomic E-state index is -1.90. The average molecular weight is 375 g/mol. The lowest BCUT2D eigenvalue weighted by Crippen LogP contribution is -2.52. The molecule has 2 N–H and O–H groups in total. The predicted octanol–water partition coefficient (Wildman–Crippen LogP) is 0.957. The summed E-state index contributed by atoms with van der Waals surface area (Å²) in [6.45, 7) is 2.14. The van der Waals surface area contributed by atoms with Crippen LogP contribution in [0.5, 0.6) is 0 Å². The molecule has 0 aromatic heterocycles. The van der Waals surface area contributed by atoms with E-state index in [2.05, 4.69) is 12.2 Å². The Morgan fingerprint density at radius 1 is 1.22 bits per heavy atom. The van der Waals surface area contributed by atoms with E-state index in [1.807, 2.05) is 6.92 Å². The van der Waals surface area contributed by atoms with E-state index in [0.717, 1.165) is 25.7 Å². The molecule has 27 heavy (non-hydrogen) atoms. The SMILES string of the molecule is C[C@H]1C=C[C@H]2CCCC[C@@H]2C1C(=O)C12O[C@@H]1[C@]1(O)[C@H](C(=O)O)CCN1C2=O. The highest BCUT2D eigenvalue weighted by Crippen LogP contribution is 2.61. The Labute approximate surface area is 157 Å². The van der Waals surface area contributed by atoms with Gasteiger partial charge in [0.05, 0.1) is 0 Å². The maximum Gasteiger partial charge on any atom is 0.311 e. The van der Waals surface area contributed by atoms with Crippen molar-refractivity contribution < 1.29 is 29.3 Å². The monoisotopic (exact) mass is 375 g/mol. The van der Waals surface area contributed by atoms with Gasteiger partial charge in [0.1, 0.15) is 5.92 Å². The van der Waals surface area contributed by atoms with Crippen LogP contribution < -0.4 is 0 Å². The molecule has 5 rings (SSSR count). The van der Waals surface area contributed by atoms with Crippen LogP contribution in [0.25, 0.3) is 0 Å². The molecule has 1 saturated carbocycles. The van der Waals surface area contributed by atoms with Gasteiger partial charge < -0.3 is 19.8 Å². The highest BCUT2D eigenvalue weighted by molar-refractivity contribution is 6.16. The minimum absolute atomic E-state index is 0.00392. The first kappa shape index (κ1) is 17.4. The Kier molecular flexibility index (Phi) is 3.48. The second-order valence-electron chi connectivity index (χ2n) is 8.90. The highest BCUT2D eigenvalue weighted by atomic mass is 16.7. The predicted molar refractivity (Wildman–Crippen MR) is 92.3 cm³/mol. The molecule has 3 heterocycles. The smallest absolute Gasteiger partial charge is 0.311 e. The van der Waals surface area contributed by atoms with Crippen molar-refractivity contribution in [1.82, 2.24) is 4.90 Å². The van der Waals surface area contributed by atoms with Gasteiger partial charge in [0, 0.05) is 12.5 Å². The molecule has 0 spiro atoms. The van der Waals surface area contributed by atoms with E-state index in [1.54, 1.807) is 0 Å². The fourth-order valence-corrected chi connectivity index (χ4v) is 6.31. The molecule has 146 valence electrons. The number of nitrogens with zero attached hydrogens (tertiary/aromatic N) is 1. The zero-order valence-corrected chi connectivity index (χ0v) is 15.3. The Hall–Kier alpha value is -1.73. The van der Waals surface area contributed by atoms with Gasteiger partial charge in [0.2, 0.25) is 5.60 Å². The molecule has 0 aromatic rings. The number of rotatable bonds is 3. The first-order valence-corrected chi connectivity index (χ1v) is 10.0. The standard InChI is InChI=1S/C20H25NO6/c1-10-6-7-11-4-2-3-5-12(11)14(10)15(22)19-17(27-19)20(26)13(16(23)24)8-9-21(20)18(19)25/h6-7,10-14,17,26H,2-5,8-9H2,1H3,(H,23,24)/t10-,11+,12-,13-,14?,17-,19?,20+/m0/s1. The number of carbonyl (C=O) groups excluding carboxylic acids is 2. The van der Waals surface area contributed by atoms with E-state index in [9.17, 15) is 24.6 Å². The topological polar surface area (TPSA) is 107 Å². The highest BCUT2D eigenvalue weighted by Gasteiger charge is 2.87. The molecule has 0 aromatic carbocycles. The quantitative estimate of drug-likeness (QED) is 0.432. The average Bonchev–Trinajstić information content (AvgIpc) is 3.27. The number of ether oxygens (including phenoxy) is 1. The Morgan fingerprint density at radius 2 is 1.96 bits per heavy atom. The van der Waals surface area contributed by atoms with E-state index in [-0.39, 0.29) is 36.5 Å². The molecular weight excluding hydrogens is 350 g/mol. The number of allylic oxidation sites excluding steroid dienone is 2. The number of ketones is 1. The molecule has 8 atom stereocenters. The van der Waals surface area contributed by atoms with Gasteiger partial charge in [-0.3, -0.25) is 14.4 Å². The third kappa shape index (κ3) is 1.96. The van der Waals surface area contributed by atoms with Crippen molar-refractivity contribution in [1.29, 1.82) is 0 Å². The van der Waals surface area contributed by atoms with Gasteiger partial charge >= 0.3 is 5.97 Å². The van der Waals surface area contributed by atoms with Gasteiger partial charge in [0.15, 0.2) is 17.6 Å². The molecule has 5 aliphatic rings. The van der Waals surface area contributed by atoms with Gasteiger partial charge in [0.25, 0.3) is 5.91 Å². The van der Waals surface area contributed by atoms with Gasteiger partial charge in [-0.1, -0.05) is 31.9 Å². The largest absolute Gasteiger partial charge is 0.481 e. The molecular formula is C20H25NO6. The summed E-state index contributed by atoms with van der Waals surface area (Å²) in [7, 11) is 0. The number of aliphatic carboxylic acids is 1. The summed E-state index contributed by atoms with van der Waals surface area (Å²) in [4.78, 5) is 39.5. The zero-order valence-electron chi connectivity index (χ0n) is 15.3. The van der Waals surface area contributed by atoms with Crippen molar-refractivity contribution in [2.75, 3.05) is 6.54 Å². The van der Waals surface area contributed by atoms with Crippen molar-refractivity contribution in [2.24, 2.45) is 29.6 Å². The van der Waals surface area contributed by atoms with Crippen molar-refractivity contribution in [3.63, 3.8) is 0 Å². The van der Waals surface area contributed by atoms with E-state index < -0.39 is 35.2 Å². The van der Waals surface area contributed by atoms with Crippen molar-refractivity contribution in [2.45, 2.75) is 56.5 Å². The van der Waals surface area contributed by atoms with Crippen LogP contribution >= 0.6 is 0 Å². The summed E-state index contributed by atoms with van der Waals surface area (Å²) in [6.07, 6.45) is 7.63. The number of hydrogen-bond donors (Lipinski definition) is 2. The van der Waals surface area contributed by atoms with Crippen LogP contribution in [0.1, 0.15) is 39.0 Å². The lowest BCUT2D eigenvalue weighted by molar-refractivity contribution is -0.174. The number of fused-ring (bicyclic) bond motifs is 4. The summed E-state index contributed by atoms with van der Waals surface area (Å²) in [5.74, 6) is -2.84. The van der Waals surface area contributed by atoms with Crippen LogP contribution in [0, 0.1) is 29.6 Å². The van der Waals surface area contributed by atoms with Crippen LogP contribution in [0.4, 0.5) is 0 Å². The molecule has 4 fully saturated rings. The molecule has 7 nitrogen and oxygen atoms in total. The van der Waals surface area contributed by atoms with Crippen molar-refractivity contribution >= 4 is 17.7 Å². The van der Waals surface area contributed by atoms with Crippen molar-refractivity contribution in [3.05, 3.63) is 12.2 Å². The first-order valence-electron chi connectivity index (χ1n) is 10.0. The Bertz CT molecular complexity index is 764. The van der Waals surface area contributed by atoms with Gasteiger partial charge in [-0.2, -0.15) is 0 Å². The third-order valence-corrected chi connectivity index (χ3v) is 7.68. The lowest BCUT2D eigenvalue weighted by Gasteiger charge is -2.41. The van der Waals surface area contributed by atoms with Crippen molar-refractivity contribution in [3.8, 4) is 0 Å². The molecule has 3 aliphatic heterocycles. The molecule has 2 aliphatic carbocycles. The van der Waals surface area contributed by atoms with Crippen LogP contribution in [0.2, 0.25) is 0 Å². The number of hydrogen-bond acceptors (Lipinski definition) is 5. The summed E-state index contributed by atoms with van der Waals surface area (Å²) < 4.78 is 5.61.